The van der Waals surface area contributed by atoms with Crippen LogP contribution in [0.3, 0.4) is 0 Å². The summed E-state index contributed by atoms with van der Waals surface area (Å²) in [5, 5.41) is 12.5. The van der Waals surface area contributed by atoms with E-state index in [0.717, 1.165) is 30.9 Å². The summed E-state index contributed by atoms with van der Waals surface area (Å²) in [6, 6.07) is 11.8. The third kappa shape index (κ3) is 2.93. The van der Waals surface area contributed by atoms with Crippen molar-refractivity contribution in [3.63, 3.8) is 0 Å². The van der Waals surface area contributed by atoms with Gasteiger partial charge < -0.3 is 4.90 Å². The van der Waals surface area contributed by atoms with Gasteiger partial charge in [0.1, 0.15) is 17.8 Å². The maximum absolute atomic E-state index is 12.8. The second kappa shape index (κ2) is 6.51. The van der Waals surface area contributed by atoms with Gasteiger partial charge in [-0.1, -0.05) is 18.2 Å². The molecule has 25 heavy (non-hydrogen) atoms. The molecule has 0 saturated carbocycles. The molecule has 0 spiro atoms. The maximum atomic E-state index is 12.8. The number of para-hydroxylation sites is 1. The molecule has 0 N–H and O–H groups in total. The van der Waals surface area contributed by atoms with Gasteiger partial charge in [0.05, 0.1) is 0 Å². The van der Waals surface area contributed by atoms with Crippen molar-refractivity contribution in [2.75, 3.05) is 13.1 Å². The Labute approximate surface area is 145 Å². The number of aromatic nitrogens is 5. The molecule has 3 aromatic rings. The molecule has 1 unspecified atom stereocenters. The number of piperidine rings is 1. The van der Waals surface area contributed by atoms with Gasteiger partial charge in [0.15, 0.2) is 0 Å². The zero-order valence-corrected chi connectivity index (χ0v) is 14.1. The first-order valence-electron chi connectivity index (χ1n) is 8.46. The topological polar surface area (TPSA) is 68.8 Å². The number of carbonyl (C=O) groups is 1. The summed E-state index contributed by atoms with van der Waals surface area (Å²) >= 11 is 0. The fourth-order valence-electron chi connectivity index (χ4n) is 3.43. The summed E-state index contributed by atoms with van der Waals surface area (Å²) in [5.41, 5.74) is 1.66. The molecule has 1 aliphatic heterocycles. The Bertz CT molecular complexity index is 869. The van der Waals surface area contributed by atoms with Crippen LogP contribution in [0, 0.1) is 0 Å². The minimum Gasteiger partial charge on any atom is -0.337 e. The molecule has 3 heterocycles. The fraction of sp³-hybridized carbons (Fsp3) is 0.333. The summed E-state index contributed by atoms with van der Waals surface area (Å²) in [7, 11) is 1.79. The van der Waals surface area contributed by atoms with E-state index in [2.05, 4.69) is 15.3 Å². The molecule has 0 bridgehead atoms. The van der Waals surface area contributed by atoms with Crippen molar-refractivity contribution in [3.8, 4) is 5.69 Å². The first kappa shape index (κ1) is 15.6. The second-order valence-electron chi connectivity index (χ2n) is 6.33. The van der Waals surface area contributed by atoms with Gasteiger partial charge in [0.2, 0.25) is 0 Å². The van der Waals surface area contributed by atoms with Crippen LogP contribution in [0.4, 0.5) is 0 Å². The summed E-state index contributed by atoms with van der Waals surface area (Å²) in [5.74, 6) is 1.11. The zero-order valence-electron chi connectivity index (χ0n) is 14.1. The highest BCUT2D eigenvalue weighted by molar-refractivity contribution is 5.92. The van der Waals surface area contributed by atoms with Crippen molar-refractivity contribution in [1.82, 2.24) is 29.4 Å². The molecule has 1 atom stereocenters. The Morgan fingerprint density at radius 2 is 2.04 bits per heavy atom. The number of likely N-dealkylation sites (tertiary alicyclic amines) is 1. The molecule has 4 rings (SSSR count). The van der Waals surface area contributed by atoms with E-state index in [4.69, 9.17) is 0 Å². The molecule has 0 aliphatic carbocycles. The fourth-order valence-corrected chi connectivity index (χ4v) is 3.43. The molecule has 1 aromatic carbocycles. The molecule has 2 aromatic heterocycles. The maximum Gasteiger partial charge on any atom is 0.272 e. The van der Waals surface area contributed by atoms with Gasteiger partial charge in [-0.2, -0.15) is 5.10 Å². The van der Waals surface area contributed by atoms with E-state index in [1.165, 1.54) is 0 Å². The second-order valence-corrected chi connectivity index (χ2v) is 6.33. The Morgan fingerprint density at radius 1 is 1.20 bits per heavy atom. The van der Waals surface area contributed by atoms with Crippen molar-refractivity contribution >= 4 is 5.91 Å². The molecule has 1 aliphatic rings. The largest absolute Gasteiger partial charge is 0.337 e. The van der Waals surface area contributed by atoms with Gasteiger partial charge in [0.25, 0.3) is 5.91 Å². The van der Waals surface area contributed by atoms with Crippen molar-refractivity contribution in [2.24, 2.45) is 7.05 Å². The first-order valence-corrected chi connectivity index (χ1v) is 8.46. The average Bonchev–Trinajstić information content (AvgIpc) is 3.31. The minimum absolute atomic E-state index is 0.0236. The molecular formula is C18H20N6O. The zero-order chi connectivity index (χ0) is 17.2. The van der Waals surface area contributed by atoms with Crippen molar-refractivity contribution < 1.29 is 4.79 Å². The van der Waals surface area contributed by atoms with E-state index in [1.807, 2.05) is 39.8 Å². The smallest absolute Gasteiger partial charge is 0.272 e. The van der Waals surface area contributed by atoms with Crippen LogP contribution in [-0.4, -0.2) is 48.4 Å². The molecule has 7 heteroatoms. The van der Waals surface area contributed by atoms with E-state index in [0.29, 0.717) is 12.2 Å². The van der Waals surface area contributed by atoms with Crippen molar-refractivity contribution in [3.05, 3.63) is 60.4 Å². The van der Waals surface area contributed by atoms with Crippen LogP contribution in [0.1, 0.15) is 35.1 Å². The summed E-state index contributed by atoms with van der Waals surface area (Å²) < 4.78 is 3.64. The molecule has 1 amide bonds. The summed E-state index contributed by atoms with van der Waals surface area (Å²) in [6.45, 7) is 1.41. The Morgan fingerprint density at radius 3 is 2.80 bits per heavy atom. The van der Waals surface area contributed by atoms with E-state index in [-0.39, 0.29) is 11.8 Å². The number of nitrogens with zero attached hydrogens (tertiary/aromatic N) is 6. The van der Waals surface area contributed by atoms with E-state index < -0.39 is 0 Å². The van der Waals surface area contributed by atoms with Crippen LogP contribution in [0.2, 0.25) is 0 Å². The minimum atomic E-state index is 0.0236. The van der Waals surface area contributed by atoms with Crippen LogP contribution in [0.25, 0.3) is 5.69 Å². The van der Waals surface area contributed by atoms with Gasteiger partial charge in [-0.05, 0) is 31.0 Å². The van der Waals surface area contributed by atoms with Crippen molar-refractivity contribution in [2.45, 2.75) is 18.8 Å². The number of amides is 1. The first-order chi connectivity index (χ1) is 12.2. The Hall–Kier alpha value is -2.96. The monoisotopic (exact) mass is 336 g/mol. The highest BCUT2D eigenvalue weighted by atomic mass is 16.2. The highest BCUT2D eigenvalue weighted by Crippen LogP contribution is 2.27. The van der Waals surface area contributed by atoms with Gasteiger partial charge >= 0.3 is 0 Å². The van der Waals surface area contributed by atoms with Crippen molar-refractivity contribution in [1.29, 1.82) is 0 Å². The molecule has 128 valence electrons. The van der Waals surface area contributed by atoms with Crippen LogP contribution in [0.15, 0.2) is 48.9 Å². The van der Waals surface area contributed by atoms with Gasteiger partial charge in [0, 0.05) is 37.9 Å². The van der Waals surface area contributed by atoms with E-state index >= 15 is 0 Å². The summed E-state index contributed by atoms with van der Waals surface area (Å²) in [4.78, 5) is 14.7. The number of benzene rings is 1. The van der Waals surface area contributed by atoms with Gasteiger partial charge in [-0.3, -0.25) is 14.0 Å². The van der Waals surface area contributed by atoms with Crippen LogP contribution in [0.5, 0.6) is 0 Å². The molecule has 0 radical (unpaired) electrons. The van der Waals surface area contributed by atoms with Crippen LogP contribution in [-0.2, 0) is 7.05 Å². The molecule has 1 saturated heterocycles. The lowest BCUT2D eigenvalue weighted by molar-refractivity contribution is 0.0692. The standard InChI is InChI=1S/C18H20N6O/c1-22-16(9-10-20-22)18(25)23-11-5-6-14(12-23)17-21-19-13-24(17)15-7-3-2-4-8-15/h2-4,7-10,13-14H,5-6,11-12H2,1H3. The number of hydrogen-bond donors (Lipinski definition) is 0. The normalized spacial score (nSPS) is 17.6. The van der Waals surface area contributed by atoms with Gasteiger partial charge in [-0.15, -0.1) is 10.2 Å². The quantitative estimate of drug-likeness (QED) is 0.734. The number of aryl methyl sites for hydroxylation is 1. The lowest BCUT2D eigenvalue weighted by Gasteiger charge is -2.32. The van der Waals surface area contributed by atoms with Gasteiger partial charge in [-0.25, -0.2) is 0 Å². The highest BCUT2D eigenvalue weighted by Gasteiger charge is 2.29. The number of rotatable bonds is 3. The lowest BCUT2D eigenvalue weighted by Crippen LogP contribution is -2.40. The van der Waals surface area contributed by atoms with E-state index in [9.17, 15) is 4.79 Å². The van der Waals surface area contributed by atoms with Crippen LogP contribution >= 0.6 is 0 Å². The molecule has 1 fully saturated rings. The third-order valence-electron chi connectivity index (χ3n) is 4.72. The molecule has 7 nitrogen and oxygen atoms in total. The third-order valence-corrected chi connectivity index (χ3v) is 4.72. The van der Waals surface area contributed by atoms with E-state index in [1.54, 1.807) is 30.3 Å². The SMILES string of the molecule is Cn1nccc1C(=O)N1CCCC(c2nncn2-c2ccccc2)C1. The predicted molar refractivity (Wildman–Crippen MR) is 92.4 cm³/mol. The Balaban J connectivity index is 1.58. The lowest BCUT2D eigenvalue weighted by atomic mass is 9.96. The average molecular weight is 336 g/mol. The Kier molecular flexibility index (Phi) is 4.05. The number of carbonyl (C=O) groups excluding carboxylic acids is 1. The predicted octanol–water partition coefficient (Wildman–Crippen LogP) is 2.02. The molecular weight excluding hydrogens is 316 g/mol. The number of hydrogen-bond acceptors (Lipinski definition) is 4. The summed E-state index contributed by atoms with van der Waals surface area (Å²) in [6.07, 6.45) is 5.35. The van der Waals surface area contributed by atoms with Crippen LogP contribution < -0.4 is 0 Å².